The Hall–Kier alpha value is -3.22. The van der Waals surface area contributed by atoms with Crippen LogP contribution >= 0.6 is 0 Å². The van der Waals surface area contributed by atoms with Gasteiger partial charge in [0.1, 0.15) is 5.82 Å². The molecule has 0 aliphatic heterocycles. The quantitative estimate of drug-likeness (QED) is 0.805. The number of urea groups is 1. The Balaban J connectivity index is 2.23. The van der Waals surface area contributed by atoms with Crippen LogP contribution in [0.1, 0.15) is 34.5 Å². The van der Waals surface area contributed by atoms with Gasteiger partial charge in [0.2, 0.25) is 6.10 Å². The third kappa shape index (κ3) is 4.89. The highest BCUT2D eigenvalue weighted by atomic mass is 19.1. The number of nitrogens with one attached hydrogen (secondary N) is 2. The van der Waals surface area contributed by atoms with Gasteiger partial charge in [-0.15, -0.1) is 0 Å². The fraction of sp³-hybridized carbons (Fsp3) is 0.211. The van der Waals surface area contributed by atoms with Crippen molar-refractivity contribution in [1.82, 2.24) is 10.6 Å². The molecule has 7 heteroatoms. The Bertz CT molecular complexity index is 808. The van der Waals surface area contributed by atoms with Gasteiger partial charge in [0.25, 0.3) is 5.91 Å². The zero-order chi connectivity index (χ0) is 19.1. The smallest absolute Gasteiger partial charge is 0.339 e. The molecule has 6 nitrogen and oxygen atoms in total. The Kier molecular flexibility index (Phi) is 6.43. The lowest BCUT2D eigenvalue weighted by Crippen LogP contribution is -2.42. The lowest BCUT2D eigenvalue weighted by Gasteiger charge is -2.18. The summed E-state index contributed by atoms with van der Waals surface area (Å²) >= 11 is 0. The number of hydrogen-bond donors (Lipinski definition) is 2. The molecule has 0 aliphatic rings. The maximum atomic E-state index is 13.7. The molecule has 0 aliphatic carbocycles. The minimum absolute atomic E-state index is 0.0279. The molecule has 0 fully saturated rings. The van der Waals surface area contributed by atoms with Crippen LogP contribution in [0.3, 0.4) is 0 Å². The van der Waals surface area contributed by atoms with Crippen molar-refractivity contribution in [3.05, 3.63) is 71.0 Å². The minimum atomic E-state index is -1.35. The third-order valence-corrected chi connectivity index (χ3v) is 3.55. The van der Waals surface area contributed by atoms with E-state index in [9.17, 15) is 18.8 Å². The monoisotopic (exact) mass is 358 g/mol. The summed E-state index contributed by atoms with van der Waals surface area (Å²) in [5.74, 6) is -2.23. The summed E-state index contributed by atoms with van der Waals surface area (Å²) in [5, 5.41) is 4.54. The van der Waals surface area contributed by atoms with E-state index in [0.29, 0.717) is 17.7 Å². The molecule has 0 spiro atoms. The van der Waals surface area contributed by atoms with Crippen LogP contribution in [0.5, 0.6) is 0 Å². The van der Waals surface area contributed by atoms with Crippen molar-refractivity contribution in [2.75, 3.05) is 6.54 Å². The number of carbonyl (C=O) groups excluding carboxylic acids is 3. The molecule has 0 unspecified atom stereocenters. The van der Waals surface area contributed by atoms with Gasteiger partial charge in [0.05, 0.1) is 5.56 Å². The Morgan fingerprint density at radius 3 is 2.42 bits per heavy atom. The van der Waals surface area contributed by atoms with E-state index in [1.165, 1.54) is 12.1 Å². The van der Waals surface area contributed by atoms with Crippen LogP contribution in [0.4, 0.5) is 9.18 Å². The molecule has 136 valence electrons. The second-order valence-electron chi connectivity index (χ2n) is 5.51. The molecule has 0 heterocycles. The Morgan fingerprint density at radius 1 is 1.12 bits per heavy atom. The van der Waals surface area contributed by atoms with Crippen LogP contribution in [-0.2, 0) is 9.53 Å². The van der Waals surface area contributed by atoms with Gasteiger partial charge in [0.15, 0.2) is 0 Å². The summed E-state index contributed by atoms with van der Waals surface area (Å²) in [6, 6.07) is 11.4. The van der Waals surface area contributed by atoms with Gasteiger partial charge >= 0.3 is 12.0 Å². The highest BCUT2D eigenvalue weighted by Crippen LogP contribution is 2.20. The first-order valence-electron chi connectivity index (χ1n) is 8.03. The van der Waals surface area contributed by atoms with Gasteiger partial charge in [-0.3, -0.25) is 10.1 Å². The number of carbonyl (C=O) groups is 3. The highest BCUT2D eigenvalue weighted by molar-refractivity contribution is 5.99. The van der Waals surface area contributed by atoms with Crippen molar-refractivity contribution >= 4 is 17.9 Å². The van der Waals surface area contributed by atoms with Crippen LogP contribution in [0, 0.1) is 12.7 Å². The van der Waals surface area contributed by atoms with Crippen LogP contribution in [-0.4, -0.2) is 24.5 Å². The maximum Gasteiger partial charge on any atom is 0.339 e. The molecule has 2 N–H and O–H groups in total. The minimum Gasteiger partial charge on any atom is -0.444 e. The second-order valence-corrected chi connectivity index (χ2v) is 5.51. The average molecular weight is 358 g/mol. The summed E-state index contributed by atoms with van der Waals surface area (Å²) < 4.78 is 18.9. The summed E-state index contributed by atoms with van der Waals surface area (Å²) in [7, 11) is 0. The molecule has 0 radical (unpaired) electrons. The van der Waals surface area contributed by atoms with Crippen LogP contribution in [0.15, 0.2) is 48.5 Å². The summed E-state index contributed by atoms with van der Waals surface area (Å²) in [6.45, 7) is 3.60. The molecular weight excluding hydrogens is 339 g/mol. The lowest BCUT2D eigenvalue weighted by molar-refractivity contribution is -0.129. The maximum absolute atomic E-state index is 13.7. The number of benzene rings is 2. The number of ether oxygens (including phenoxy) is 1. The Morgan fingerprint density at radius 2 is 1.81 bits per heavy atom. The predicted molar refractivity (Wildman–Crippen MR) is 93.0 cm³/mol. The number of rotatable bonds is 5. The number of aryl methyl sites for hydroxylation is 1. The van der Waals surface area contributed by atoms with E-state index in [2.05, 4.69) is 10.6 Å². The molecule has 2 aromatic carbocycles. The van der Waals surface area contributed by atoms with Crippen LogP contribution in [0.25, 0.3) is 0 Å². The van der Waals surface area contributed by atoms with E-state index in [0.717, 1.165) is 6.07 Å². The molecule has 26 heavy (non-hydrogen) atoms. The number of amides is 3. The van der Waals surface area contributed by atoms with E-state index >= 15 is 0 Å². The van der Waals surface area contributed by atoms with Crippen LogP contribution in [0.2, 0.25) is 0 Å². The lowest BCUT2D eigenvalue weighted by atomic mass is 10.1. The standard InChI is InChI=1S/C19H19FN2O4/c1-3-21-19(25)22-17(23)16(13-7-5-4-6-8-13)26-18(24)14-10-9-12(2)15(20)11-14/h4-11,16H,3H2,1-2H3,(H2,21,22,23,25)/t16-/m0/s1. The number of hydrogen-bond acceptors (Lipinski definition) is 4. The van der Waals surface area contributed by atoms with Crippen molar-refractivity contribution < 1.29 is 23.5 Å². The van der Waals surface area contributed by atoms with E-state index in [-0.39, 0.29) is 5.56 Å². The molecule has 0 saturated heterocycles. The van der Waals surface area contributed by atoms with Gasteiger partial charge in [-0.2, -0.15) is 0 Å². The van der Waals surface area contributed by atoms with Crippen molar-refractivity contribution in [2.24, 2.45) is 0 Å². The largest absolute Gasteiger partial charge is 0.444 e. The number of halogens is 1. The fourth-order valence-corrected chi connectivity index (χ4v) is 2.18. The van der Waals surface area contributed by atoms with Crippen molar-refractivity contribution in [3.63, 3.8) is 0 Å². The molecule has 2 rings (SSSR count). The molecule has 3 amide bonds. The fourth-order valence-electron chi connectivity index (χ4n) is 2.18. The van der Waals surface area contributed by atoms with Crippen molar-refractivity contribution in [3.8, 4) is 0 Å². The molecule has 0 saturated carbocycles. The second kappa shape index (κ2) is 8.75. The van der Waals surface area contributed by atoms with Gasteiger partial charge in [0, 0.05) is 12.1 Å². The van der Waals surface area contributed by atoms with Crippen molar-refractivity contribution in [2.45, 2.75) is 20.0 Å². The molecule has 2 aromatic rings. The summed E-state index contributed by atoms with van der Waals surface area (Å²) in [4.78, 5) is 36.3. The van der Waals surface area contributed by atoms with E-state index in [1.807, 2.05) is 0 Å². The topological polar surface area (TPSA) is 84.5 Å². The number of imide groups is 1. The summed E-state index contributed by atoms with van der Waals surface area (Å²) in [5.41, 5.74) is 0.741. The SMILES string of the molecule is CCNC(=O)NC(=O)[C@@H](OC(=O)c1ccc(C)c(F)c1)c1ccccc1. The first-order valence-corrected chi connectivity index (χ1v) is 8.03. The van der Waals surface area contributed by atoms with E-state index in [1.54, 1.807) is 44.2 Å². The molecule has 0 bridgehead atoms. The van der Waals surface area contributed by atoms with Crippen LogP contribution < -0.4 is 10.6 Å². The normalized spacial score (nSPS) is 11.3. The molecular formula is C19H19FN2O4. The first-order chi connectivity index (χ1) is 12.4. The van der Waals surface area contributed by atoms with Crippen molar-refractivity contribution in [1.29, 1.82) is 0 Å². The first kappa shape index (κ1) is 19.1. The van der Waals surface area contributed by atoms with Gasteiger partial charge in [-0.1, -0.05) is 36.4 Å². The third-order valence-electron chi connectivity index (χ3n) is 3.55. The average Bonchev–Trinajstić information content (AvgIpc) is 2.62. The van der Waals surface area contributed by atoms with E-state index in [4.69, 9.17) is 4.74 Å². The van der Waals surface area contributed by atoms with Gasteiger partial charge in [-0.05, 0) is 31.5 Å². The van der Waals surface area contributed by atoms with Gasteiger partial charge in [-0.25, -0.2) is 14.0 Å². The predicted octanol–water partition coefficient (Wildman–Crippen LogP) is 2.88. The van der Waals surface area contributed by atoms with Gasteiger partial charge < -0.3 is 10.1 Å². The molecule has 1 atom stereocenters. The van der Waals surface area contributed by atoms with E-state index < -0.39 is 29.8 Å². The Labute approximate surface area is 150 Å². The summed E-state index contributed by atoms with van der Waals surface area (Å²) in [6.07, 6.45) is -1.35. The molecule has 0 aromatic heterocycles. The highest BCUT2D eigenvalue weighted by Gasteiger charge is 2.27. The number of esters is 1. The zero-order valence-electron chi connectivity index (χ0n) is 14.4. The zero-order valence-corrected chi connectivity index (χ0v) is 14.4.